The molecule has 0 saturated heterocycles. The van der Waals surface area contributed by atoms with Crippen LogP contribution in [0.2, 0.25) is 0 Å². The van der Waals surface area contributed by atoms with E-state index in [1.165, 1.54) is 32.1 Å². The van der Waals surface area contributed by atoms with Gasteiger partial charge in [0.15, 0.2) is 0 Å². The van der Waals surface area contributed by atoms with Crippen LogP contribution in [0.25, 0.3) is 0 Å². The lowest BCUT2D eigenvalue weighted by Gasteiger charge is -2.30. The van der Waals surface area contributed by atoms with Crippen LogP contribution in [-0.2, 0) is 4.74 Å². The Labute approximate surface area is 106 Å². The van der Waals surface area contributed by atoms with Crippen molar-refractivity contribution in [2.75, 3.05) is 6.61 Å². The van der Waals surface area contributed by atoms with Gasteiger partial charge >= 0.3 is 0 Å². The molecule has 2 saturated carbocycles. The molecule has 0 bridgehead atoms. The molecule has 100 valence electrons. The quantitative estimate of drug-likeness (QED) is 0.819. The summed E-state index contributed by atoms with van der Waals surface area (Å²) in [7, 11) is 0. The van der Waals surface area contributed by atoms with Gasteiger partial charge < -0.3 is 10.5 Å². The maximum atomic E-state index is 6.27. The molecule has 0 radical (unpaired) electrons. The van der Waals surface area contributed by atoms with Crippen molar-refractivity contribution >= 4 is 0 Å². The van der Waals surface area contributed by atoms with Crippen molar-refractivity contribution in [3.05, 3.63) is 0 Å². The lowest BCUT2D eigenvalue weighted by atomic mass is 9.83. The van der Waals surface area contributed by atoms with Crippen LogP contribution in [0.5, 0.6) is 0 Å². The van der Waals surface area contributed by atoms with Crippen molar-refractivity contribution in [1.82, 2.24) is 0 Å². The van der Waals surface area contributed by atoms with Gasteiger partial charge in [0.25, 0.3) is 0 Å². The zero-order chi connectivity index (χ0) is 12.5. The summed E-state index contributed by atoms with van der Waals surface area (Å²) in [6, 6.07) is 0.225. The summed E-state index contributed by atoms with van der Waals surface area (Å²) in [5, 5.41) is 0. The molecule has 0 aromatic carbocycles. The fourth-order valence-corrected chi connectivity index (χ4v) is 3.52. The van der Waals surface area contributed by atoms with Crippen molar-refractivity contribution in [3.63, 3.8) is 0 Å². The predicted octanol–water partition coefficient (Wildman–Crippen LogP) is 3.35. The summed E-state index contributed by atoms with van der Waals surface area (Å²) >= 11 is 0. The summed E-state index contributed by atoms with van der Waals surface area (Å²) < 4.78 is 6.11. The normalized spacial score (nSPS) is 41.6. The number of rotatable bonds is 3. The average molecular weight is 239 g/mol. The molecule has 2 aliphatic rings. The Bertz CT molecular complexity index is 251. The Morgan fingerprint density at radius 2 is 2.00 bits per heavy atom. The Morgan fingerprint density at radius 1 is 1.24 bits per heavy atom. The molecular weight excluding hydrogens is 210 g/mol. The minimum Gasteiger partial charge on any atom is -0.376 e. The van der Waals surface area contributed by atoms with E-state index < -0.39 is 0 Å². The van der Waals surface area contributed by atoms with E-state index in [9.17, 15) is 0 Å². The zero-order valence-electron chi connectivity index (χ0n) is 11.7. The van der Waals surface area contributed by atoms with Gasteiger partial charge in [-0.05, 0) is 42.9 Å². The van der Waals surface area contributed by atoms with Crippen LogP contribution in [0.15, 0.2) is 0 Å². The van der Waals surface area contributed by atoms with Gasteiger partial charge in [-0.3, -0.25) is 0 Å². The fourth-order valence-electron chi connectivity index (χ4n) is 3.52. The highest BCUT2D eigenvalue weighted by molar-refractivity contribution is 4.95. The molecule has 0 aromatic heterocycles. The Kier molecular flexibility index (Phi) is 4.14. The molecular formula is C15H29NO. The first-order valence-corrected chi connectivity index (χ1v) is 7.36. The van der Waals surface area contributed by atoms with Crippen LogP contribution in [0.4, 0.5) is 0 Å². The summed E-state index contributed by atoms with van der Waals surface area (Å²) in [6.45, 7) is 7.85. The molecule has 2 nitrogen and oxygen atoms in total. The van der Waals surface area contributed by atoms with Crippen LogP contribution >= 0.6 is 0 Å². The Balaban J connectivity index is 1.75. The van der Waals surface area contributed by atoms with Crippen LogP contribution in [0.1, 0.15) is 59.3 Å². The SMILES string of the molecule is CC1CCCC(COC2CCC(C)(C)C2N)C1. The first-order chi connectivity index (χ1) is 7.99. The topological polar surface area (TPSA) is 35.2 Å². The van der Waals surface area contributed by atoms with Crippen molar-refractivity contribution in [2.45, 2.75) is 71.4 Å². The van der Waals surface area contributed by atoms with Crippen molar-refractivity contribution in [3.8, 4) is 0 Å². The second-order valence-corrected chi connectivity index (χ2v) is 7.06. The molecule has 0 aliphatic heterocycles. The molecule has 2 fully saturated rings. The molecule has 2 heteroatoms. The van der Waals surface area contributed by atoms with E-state index >= 15 is 0 Å². The maximum absolute atomic E-state index is 6.27. The molecule has 2 N–H and O–H groups in total. The summed E-state index contributed by atoms with van der Waals surface area (Å²) in [5.41, 5.74) is 6.54. The molecule has 2 rings (SSSR count). The van der Waals surface area contributed by atoms with Crippen molar-refractivity contribution in [2.24, 2.45) is 23.0 Å². The first-order valence-electron chi connectivity index (χ1n) is 7.36. The van der Waals surface area contributed by atoms with Gasteiger partial charge in [0.2, 0.25) is 0 Å². The largest absolute Gasteiger partial charge is 0.376 e. The Morgan fingerprint density at radius 3 is 2.59 bits per heavy atom. The summed E-state index contributed by atoms with van der Waals surface area (Å²) in [5.74, 6) is 1.68. The molecule has 4 unspecified atom stereocenters. The van der Waals surface area contributed by atoms with Gasteiger partial charge in [-0.1, -0.05) is 33.6 Å². The van der Waals surface area contributed by atoms with Gasteiger partial charge in [-0.2, -0.15) is 0 Å². The van der Waals surface area contributed by atoms with E-state index in [0.29, 0.717) is 6.10 Å². The predicted molar refractivity (Wildman–Crippen MR) is 71.9 cm³/mol. The lowest BCUT2D eigenvalue weighted by Crippen LogP contribution is -2.41. The van der Waals surface area contributed by atoms with E-state index in [-0.39, 0.29) is 11.5 Å². The van der Waals surface area contributed by atoms with Crippen molar-refractivity contribution < 1.29 is 4.74 Å². The van der Waals surface area contributed by atoms with Crippen molar-refractivity contribution in [1.29, 1.82) is 0 Å². The third-order valence-corrected chi connectivity index (χ3v) is 4.97. The van der Waals surface area contributed by atoms with Gasteiger partial charge in [0, 0.05) is 12.6 Å². The van der Waals surface area contributed by atoms with Crippen LogP contribution in [0, 0.1) is 17.3 Å². The Hall–Kier alpha value is -0.0800. The van der Waals surface area contributed by atoms with Gasteiger partial charge in [0.1, 0.15) is 0 Å². The number of nitrogens with two attached hydrogens (primary N) is 1. The van der Waals surface area contributed by atoms with E-state index in [0.717, 1.165) is 24.9 Å². The van der Waals surface area contributed by atoms with E-state index in [4.69, 9.17) is 10.5 Å². The molecule has 17 heavy (non-hydrogen) atoms. The monoisotopic (exact) mass is 239 g/mol. The first kappa shape index (κ1) is 13.4. The van der Waals surface area contributed by atoms with Gasteiger partial charge in [-0.15, -0.1) is 0 Å². The summed E-state index contributed by atoms with van der Waals surface area (Å²) in [4.78, 5) is 0. The maximum Gasteiger partial charge on any atom is 0.0731 e. The van der Waals surface area contributed by atoms with Crippen LogP contribution < -0.4 is 5.73 Å². The minimum atomic E-state index is 0.225. The molecule has 4 atom stereocenters. The van der Waals surface area contributed by atoms with E-state index in [1.807, 2.05) is 0 Å². The molecule has 0 amide bonds. The third-order valence-electron chi connectivity index (χ3n) is 4.97. The molecule has 0 spiro atoms. The summed E-state index contributed by atoms with van der Waals surface area (Å²) in [6.07, 6.45) is 8.17. The fraction of sp³-hybridized carbons (Fsp3) is 1.00. The standard InChI is InChI=1S/C15H29NO/c1-11-5-4-6-12(9-11)10-17-13-7-8-15(2,3)14(13)16/h11-14H,4-10,16H2,1-3H3. The molecule has 0 aromatic rings. The number of ether oxygens (including phenoxy) is 1. The minimum absolute atomic E-state index is 0.225. The van der Waals surface area contributed by atoms with Crippen LogP contribution in [-0.4, -0.2) is 18.8 Å². The highest BCUT2D eigenvalue weighted by atomic mass is 16.5. The number of hydrogen-bond donors (Lipinski definition) is 1. The highest BCUT2D eigenvalue weighted by Crippen LogP contribution is 2.38. The van der Waals surface area contributed by atoms with E-state index in [2.05, 4.69) is 20.8 Å². The van der Waals surface area contributed by atoms with Crippen LogP contribution in [0.3, 0.4) is 0 Å². The second-order valence-electron chi connectivity index (χ2n) is 7.06. The third kappa shape index (κ3) is 3.23. The molecule has 2 aliphatic carbocycles. The second kappa shape index (κ2) is 5.27. The zero-order valence-corrected chi connectivity index (χ0v) is 11.7. The lowest BCUT2D eigenvalue weighted by molar-refractivity contribution is 0.00484. The number of hydrogen-bond acceptors (Lipinski definition) is 2. The van der Waals surface area contributed by atoms with E-state index in [1.54, 1.807) is 0 Å². The van der Waals surface area contributed by atoms with Gasteiger partial charge in [0.05, 0.1) is 6.10 Å². The molecule has 0 heterocycles. The average Bonchev–Trinajstić information content (AvgIpc) is 2.52. The smallest absolute Gasteiger partial charge is 0.0731 e. The van der Waals surface area contributed by atoms with Gasteiger partial charge in [-0.25, -0.2) is 0 Å². The highest BCUT2D eigenvalue weighted by Gasteiger charge is 2.40.